The fourth-order valence-electron chi connectivity index (χ4n) is 1.00. The Hall–Kier alpha value is 0.880. The number of nitrogens with one attached hydrogen (secondary N) is 1. The van der Waals surface area contributed by atoms with Gasteiger partial charge < -0.3 is 0 Å². The Balaban J connectivity index is 0. The predicted octanol–water partition coefficient (Wildman–Crippen LogP) is 1.61. The van der Waals surface area contributed by atoms with Crippen molar-refractivity contribution >= 4 is 29.6 Å². The quantitative estimate of drug-likeness (QED) is 0.343. The molecule has 0 aromatic carbocycles. The third-order valence-electron chi connectivity index (χ3n) is 1.66. The molecule has 3 nitrogen and oxygen atoms in total. The molecule has 0 saturated carbocycles. The van der Waals surface area contributed by atoms with Crippen LogP contribution in [0, 0.1) is 0 Å². The van der Waals surface area contributed by atoms with Gasteiger partial charge in [-0.05, 0) is 6.42 Å². The molecule has 0 aromatic heterocycles. The Kier molecular flexibility index (Phi) is 18.4. The van der Waals surface area contributed by atoms with Gasteiger partial charge >= 0.3 is 29.6 Å². The first-order valence-electron chi connectivity index (χ1n) is 4.42. The molecule has 0 radical (unpaired) electrons. The van der Waals surface area contributed by atoms with Gasteiger partial charge in [-0.1, -0.05) is 44.7 Å². The Morgan fingerprint density at radius 1 is 1.08 bits per heavy atom. The fraction of sp³-hybridized carbons (Fsp3) is 1.00. The molecule has 0 fully saturated rings. The molecule has 0 atom stereocenters. The van der Waals surface area contributed by atoms with E-state index in [-0.39, 0.29) is 29.6 Å². The van der Waals surface area contributed by atoms with E-state index < -0.39 is 0 Å². The Morgan fingerprint density at radius 3 is 2.25 bits per heavy atom. The number of unbranched alkanes of at least 4 members (excludes halogenated alkanes) is 5. The van der Waals surface area contributed by atoms with Crippen molar-refractivity contribution in [3.8, 4) is 0 Å². The van der Waals surface area contributed by atoms with Crippen LogP contribution in [0.4, 0.5) is 0 Å². The van der Waals surface area contributed by atoms with Crippen molar-refractivity contribution in [3.63, 3.8) is 0 Å². The van der Waals surface area contributed by atoms with Crippen molar-refractivity contribution < 1.29 is 10.0 Å². The van der Waals surface area contributed by atoms with Gasteiger partial charge in [0.25, 0.3) is 0 Å². The van der Waals surface area contributed by atoms with Crippen LogP contribution in [0.15, 0.2) is 0 Å². The average molecular weight is 185 g/mol. The first kappa shape index (κ1) is 15.4. The Bertz CT molecular complexity index is 66.1. The molecule has 12 heavy (non-hydrogen) atoms. The van der Waals surface area contributed by atoms with Crippen LogP contribution in [0.5, 0.6) is 0 Å². The van der Waals surface area contributed by atoms with E-state index in [9.17, 15) is 0 Å². The molecule has 0 aromatic rings. The van der Waals surface area contributed by atoms with Crippen LogP contribution in [0.1, 0.15) is 45.4 Å². The minimum absolute atomic E-state index is 0. The van der Waals surface area contributed by atoms with Gasteiger partial charge in [-0.25, -0.2) is 0 Å². The Labute approximate surface area is 97.1 Å². The molecular formula is C8H20NNaO2. The molecule has 0 saturated heterocycles. The van der Waals surface area contributed by atoms with Gasteiger partial charge in [-0.3, -0.25) is 10.0 Å². The van der Waals surface area contributed by atoms with Gasteiger partial charge in [0.15, 0.2) is 0 Å². The van der Waals surface area contributed by atoms with Crippen LogP contribution in [-0.4, -0.2) is 41.4 Å². The molecule has 0 aliphatic heterocycles. The van der Waals surface area contributed by atoms with Gasteiger partial charge in [0.2, 0.25) is 0 Å². The first-order chi connectivity index (χ1) is 5.41. The summed E-state index contributed by atoms with van der Waals surface area (Å²) in [5, 5.41) is 8.03. The molecule has 0 unspecified atom stereocenters. The molecule has 2 N–H and O–H groups in total. The van der Waals surface area contributed by atoms with E-state index in [1.165, 1.54) is 32.1 Å². The molecule has 70 valence electrons. The van der Waals surface area contributed by atoms with E-state index in [1.54, 1.807) is 5.64 Å². The third kappa shape index (κ3) is 13.5. The summed E-state index contributed by atoms with van der Waals surface area (Å²) in [6, 6.07) is 0. The van der Waals surface area contributed by atoms with Gasteiger partial charge in [0, 0.05) is 0 Å². The van der Waals surface area contributed by atoms with Crippen molar-refractivity contribution in [1.82, 2.24) is 5.64 Å². The molecule has 0 bridgehead atoms. The summed E-state index contributed by atoms with van der Waals surface area (Å²) in [5.74, 6) is 0. The van der Waals surface area contributed by atoms with Gasteiger partial charge in [-0.2, -0.15) is 0 Å². The normalized spacial score (nSPS) is 9.50. The number of hydrogen-bond acceptors (Lipinski definition) is 3. The van der Waals surface area contributed by atoms with Crippen molar-refractivity contribution in [1.29, 1.82) is 0 Å². The summed E-state index contributed by atoms with van der Waals surface area (Å²) in [6.45, 7) is 2.81. The van der Waals surface area contributed by atoms with E-state index in [4.69, 9.17) is 5.21 Å². The second kappa shape index (κ2) is 14.4. The maximum absolute atomic E-state index is 8.03. The monoisotopic (exact) mass is 185 g/mol. The van der Waals surface area contributed by atoms with Crippen molar-refractivity contribution in [2.75, 3.05) is 6.61 Å². The summed E-state index contributed by atoms with van der Waals surface area (Å²) in [4.78, 5) is 4.55. The molecular weight excluding hydrogens is 165 g/mol. The molecule has 4 heteroatoms. The van der Waals surface area contributed by atoms with Crippen LogP contribution < -0.4 is 5.64 Å². The molecule has 0 rings (SSSR count). The van der Waals surface area contributed by atoms with Crippen molar-refractivity contribution in [2.45, 2.75) is 45.4 Å². The van der Waals surface area contributed by atoms with Crippen LogP contribution in [0.2, 0.25) is 0 Å². The Morgan fingerprint density at radius 2 is 1.67 bits per heavy atom. The number of hydrogen-bond donors (Lipinski definition) is 2. The van der Waals surface area contributed by atoms with E-state index in [0.717, 1.165) is 6.42 Å². The zero-order valence-electron chi connectivity index (χ0n) is 7.31. The average Bonchev–Trinajstić information content (AvgIpc) is 2.03. The number of rotatable bonds is 8. The van der Waals surface area contributed by atoms with E-state index >= 15 is 0 Å². The van der Waals surface area contributed by atoms with Crippen molar-refractivity contribution in [2.24, 2.45) is 0 Å². The van der Waals surface area contributed by atoms with E-state index in [0.29, 0.717) is 6.61 Å². The molecule has 0 amide bonds. The fourth-order valence-corrected chi connectivity index (χ4v) is 1.00. The van der Waals surface area contributed by atoms with Gasteiger partial charge in [-0.15, -0.1) is 0 Å². The zero-order valence-corrected chi connectivity index (χ0v) is 7.31. The van der Waals surface area contributed by atoms with E-state index in [2.05, 4.69) is 11.8 Å². The summed E-state index contributed by atoms with van der Waals surface area (Å²) >= 11 is 0. The first-order valence-corrected chi connectivity index (χ1v) is 4.42. The summed E-state index contributed by atoms with van der Waals surface area (Å²) in [6.07, 6.45) is 7.44. The molecule has 0 aliphatic rings. The van der Waals surface area contributed by atoms with E-state index in [1.807, 2.05) is 0 Å². The summed E-state index contributed by atoms with van der Waals surface area (Å²) < 4.78 is 0. The van der Waals surface area contributed by atoms with Crippen molar-refractivity contribution in [3.05, 3.63) is 0 Å². The predicted molar refractivity (Wildman–Crippen MR) is 51.4 cm³/mol. The van der Waals surface area contributed by atoms with Gasteiger partial charge in [0.05, 0.1) is 6.61 Å². The second-order valence-electron chi connectivity index (χ2n) is 2.71. The standard InChI is InChI=1S/C8H19NO2.Na.H/c1-2-3-4-5-6-7-8-11-9-10;;/h9-10H,2-8H2,1H3;;. The van der Waals surface area contributed by atoms with Crippen LogP contribution in [0.25, 0.3) is 0 Å². The minimum atomic E-state index is 0. The molecule has 0 heterocycles. The third-order valence-corrected chi connectivity index (χ3v) is 1.66. The van der Waals surface area contributed by atoms with Crippen LogP contribution in [-0.2, 0) is 4.84 Å². The van der Waals surface area contributed by atoms with Crippen LogP contribution in [0.3, 0.4) is 0 Å². The van der Waals surface area contributed by atoms with Gasteiger partial charge in [0.1, 0.15) is 0 Å². The molecule has 0 aliphatic carbocycles. The topological polar surface area (TPSA) is 41.5 Å². The summed E-state index contributed by atoms with van der Waals surface area (Å²) in [5.41, 5.74) is 1.67. The molecule has 0 spiro atoms. The zero-order chi connectivity index (χ0) is 8.36. The second-order valence-corrected chi connectivity index (χ2v) is 2.71. The summed E-state index contributed by atoms with van der Waals surface area (Å²) in [7, 11) is 0. The SMILES string of the molecule is CCCCCCCCONO.[NaH]. The maximum atomic E-state index is 8.03. The van der Waals surface area contributed by atoms with Crippen LogP contribution >= 0.6 is 0 Å².